The summed E-state index contributed by atoms with van der Waals surface area (Å²) < 4.78 is 43.0. The lowest BCUT2D eigenvalue weighted by Gasteiger charge is -2.32. The number of nitrogens with one attached hydrogen (secondary N) is 3. The van der Waals surface area contributed by atoms with Gasteiger partial charge in [0.15, 0.2) is 0 Å². The molecule has 0 saturated heterocycles. The number of fused-ring (bicyclic) bond motifs is 1. The number of unbranched alkanes of at least 4 members (excludes halogenated alkanes) is 1. The number of anilines is 1. The first kappa shape index (κ1) is 20.7. The molecule has 2 rings (SSSR count). The monoisotopic (exact) mass is 390 g/mol. The van der Waals surface area contributed by atoms with Gasteiger partial charge in [-0.2, -0.15) is 13.2 Å². The maximum absolute atomic E-state index is 14.0. The average molecular weight is 390 g/mol. The maximum Gasteiger partial charge on any atom is 0.425 e. The molecule has 8 nitrogen and oxygen atoms in total. The van der Waals surface area contributed by atoms with Gasteiger partial charge in [-0.05, 0) is 6.42 Å². The van der Waals surface area contributed by atoms with Gasteiger partial charge in [0.05, 0.1) is 0 Å². The van der Waals surface area contributed by atoms with E-state index in [2.05, 4.69) is 0 Å². The van der Waals surface area contributed by atoms with Crippen LogP contribution in [-0.2, 0) is 21.7 Å². The fourth-order valence-electron chi connectivity index (χ4n) is 2.71. The molecule has 0 saturated carbocycles. The summed E-state index contributed by atoms with van der Waals surface area (Å²) in [6.07, 6.45) is -4.26. The molecule has 1 aromatic rings. The molecule has 1 aliphatic rings. The van der Waals surface area contributed by atoms with Crippen LogP contribution >= 0.6 is 0 Å². The average Bonchev–Trinajstić information content (AvgIpc) is 2.80. The van der Waals surface area contributed by atoms with Crippen LogP contribution in [0.1, 0.15) is 46.1 Å². The van der Waals surface area contributed by atoms with Gasteiger partial charge in [0.1, 0.15) is 11.4 Å². The molecule has 0 aromatic carbocycles. The molecular weight excluding hydrogens is 369 g/mol. The largest absolute Gasteiger partial charge is 0.425 e. The molecule has 1 aliphatic heterocycles. The summed E-state index contributed by atoms with van der Waals surface area (Å²) in [7, 11) is 0. The Bertz CT molecular complexity index is 895. The van der Waals surface area contributed by atoms with Gasteiger partial charge in [0, 0.05) is 12.0 Å². The molecule has 11 heteroatoms. The first-order valence-electron chi connectivity index (χ1n) is 8.35. The number of carbonyl (C=O) groups is 2. The predicted octanol–water partition coefficient (Wildman–Crippen LogP) is 1.21. The Morgan fingerprint density at radius 2 is 1.78 bits per heavy atom. The molecule has 0 bridgehead atoms. The SMILES string of the molecule is CCCCn1c2c(c(=O)[nH]c1=O)[C@@](NC(=O)C(C)(C)C)(C(F)(F)F)C(=O)N2. The number of hydrogen-bond donors (Lipinski definition) is 3. The number of hydrogen-bond acceptors (Lipinski definition) is 4. The summed E-state index contributed by atoms with van der Waals surface area (Å²) in [4.78, 5) is 50.9. The first-order valence-corrected chi connectivity index (χ1v) is 8.35. The molecule has 2 heterocycles. The van der Waals surface area contributed by atoms with Gasteiger partial charge in [-0.1, -0.05) is 34.1 Å². The van der Waals surface area contributed by atoms with Crippen molar-refractivity contribution in [2.45, 2.75) is 58.8 Å². The van der Waals surface area contributed by atoms with Crippen LogP contribution in [0.2, 0.25) is 0 Å². The predicted molar refractivity (Wildman–Crippen MR) is 90.2 cm³/mol. The second kappa shape index (κ2) is 6.54. The summed E-state index contributed by atoms with van der Waals surface area (Å²) in [5, 5.41) is 3.69. The van der Waals surface area contributed by atoms with Crippen LogP contribution in [0.4, 0.5) is 19.0 Å². The van der Waals surface area contributed by atoms with Crippen LogP contribution in [-0.4, -0.2) is 27.5 Å². The van der Waals surface area contributed by atoms with E-state index in [9.17, 15) is 32.3 Å². The standard InChI is InChI=1S/C16H21F3N4O4/c1-5-6-7-23-9-8(10(24)21-13(23)27)15(12(26)20-9,16(17,18)19)22-11(25)14(2,3)4/h5-7H2,1-4H3,(H,20,26)(H,22,25)(H,21,24,27)/t15-/m0/s1. The van der Waals surface area contributed by atoms with Crippen LogP contribution in [0.15, 0.2) is 9.59 Å². The van der Waals surface area contributed by atoms with Gasteiger partial charge >= 0.3 is 11.9 Å². The van der Waals surface area contributed by atoms with Crippen molar-refractivity contribution in [3.63, 3.8) is 0 Å². The van der Waals surface area contributed by atoms with Crippen molar-refractivity contribution in [2.75, 3.05) is 5.32 Å². The van der Waals surface area contributed by atoms with Gasteiger partial charge in [0.2, 0.25) is 11.4 Å². The topological polar surface area (TPSA) is 113 Å². The minimum absolute atomic E-state index is 0.00409. The molecule has 1 atom stereocenters. The third-order valence-corrected chi connectivity index (χ3v) is 4.29. The highest BCUT2D eigenvalue weighted by Gasteiger charge is 2.68. The summed E-state index contributed by atoms with van der Waals surface area (Å²) in [5.74, 6) is -3.26. The van der Waals surface area contributed by atoms with E-state index in [-0.39, 0.29) is 6.54 Å². The number of H-pyrrole nitrogens is 1. The number of aromatic amines is 1. The van der Waals surface area contributed by atoms with Crippen LogP contribution in [0.25, 0.3) is 0 Å². The van der Waals surface area contributed by atoms with E-state index in [0.717, 1.165) is 4.57 Å². The molecular formula is C16H21F3N4O4. The Hall–Kier alpha value is -2.59. The maximum atomic E-state index is 14.0. The summed E-state index contributed by atoms with van der Waals surface area (Å²) >= 11 is 0. The lowest BCUT2D eigenvalue weighted by molar-refractivity contribution is -0.201. The van der Waals surface area contributed by atoms with Crippen molar-refractivity contribution in [1.29, 1.82) is 0 Å². The highest BCUT2D eigenvalue weighted by Crippen LogP contribution is 2.45. The zero-order chi connectivity index (χ0) is 20.8. The van der Waals surface area contributed by atoms with E-state index < -0.39 is 51.6 Å². The molecule has 2 amide bonds. The molecule has 0 fully saturated rings. The Balaban J connectivity index is 2.81. The van der Waals surface area contributed by atoms with Gasteiger partial charge in [0.25, 0.3) is 11.5 Å². The summed E-state index contributed by atoms with van der Waals surface area (Å²) in [6.45, 7) is 5.90. The number of alkyl halides is 3. The van der Waals surface area contributed by atoms with Gasteiger partial charge in [-0.15, -0.1) is 0 Å². The number of nitrogens with zero attached hydrogens (tertiary/aromatic N) is 1. The Kier molecular flexibility index (Phi) is 5.02. The number of halogens is 3. The Morgan fingerprint density at radius 3 is 2.26 bits per heavy atom. The fraction of sp³-hybridized carbons (Fsp3) is 0.625. The fourth-order valence-corrected chi connectivity index (χ4v) is 2.71. The lowest BCUT2D eigenvalue weighted by atomic mass is 9.88. The summed E-state index contributed by atoms with van der Waals surface area (Å²) in [6, 6.07) is 0. The van der Waals surface area contributed by atoms with E-state index in [0.29, 0.717) is 12.8 Å². The Labute approximate surface area is 152 Å². The van der Waals surface area contributed by atoms with Crippen molar-refractivity contribution in [2.24, 2.45) is 5.41 Å². The second-order valence-electron chi connectivity index (χ2n) is 7.39. The number of rotatable bonds is 4. The molecule has 0 radical (unpaired) electrons. The smallest absolute Gasteiger partial charge is 0.330 e. The lowest BCUT2D eigenvalue weighted by Crippen LogP contribution is -2.63. The van der Waals surface area contributed by atoms with Crippen molar-refractivity contribution in [3.8, 4) is 0 Å². The Morgan fingerprint density at radius 1 is 1.19 bits per heavy atom. The van der Waals surface area contributed by atoms with E-state index in [1.165, 1.54) is 20.8 Å². The molecule has 27 heavy (non-hydrogen) atoms. The van der Waals surface area contributed by atoms with E-state index in [1.807, 2.05) is 10.3 Å². The van der Waals surface area contributed by atoms with Crippen molar-refractivity contribution >= 4 is 17.6 Å². The van der Waals surface area contributed by atoms with Gasteiger partial charge in [-0.3, -0.25) is 23.9 Å². The second-order valence-corrected chi connectivity index (χ2v) is 7.39. The van der Waals surface area contributed by atoms with Crippen molar-refractivity contribution < 1.29 is 22.8 Å². The molecule has 0 unspecified atom stereocenters. The number of amides is 2. The third kappa shape index (κ3) is 3.26. The van der Waals surface area contributed by atoms with Gasteiger partial charge in [-0.25, -0.2) is 4.79 Å². The third-order valence-electron chi connectivity index (χ3n) is 4.29. The van der Waals surface area contributed by atoms with E-state index >= 15 is 0 Å². The van der Waals surface area contributed by atoms with Crippen LogP contribution in [0.5, 0.6) is 0 Å². The highest BCUT2D eigenvalue weighted by molar-refractivity contribution is 6.07. The number of aromatic nitrogens is 2. The minimum Gasteiger partial charge on any atom is -0.330 e. The van der Waals surface area contributed by atoms with E-state index in [4.69, 9.17) is 0 Å². The molecule has 3 N–H and O–H groups in total. The first-order chi connectivity index (χ1) is 12.3. The molecule has 0 spiro atoms. The summed E-state index contributed by atoms with van der Waals surface area (Å²) in [5.41, 5.74) is -8.19. The molecule has 1 aromatic heterocycles. The van der Waals surface area contributed by atoms with Gasteiger partial charge < -0.3 is 10.6 Å². The normalized spacial score (nSPS) is 19.6. The van der Waals surface area contributed by atoms with Crippen molar-refractivity contribution in [1.82, 2.24) is 14.9 Å². The van der Waals surface area contributed by atoms with Crippen molar-refractivity contribution in [3.05, 3.63) is 26.4 Å². The van der Waals surface area contributed by atoms with Crippen LogP contribution < -0.4 is 21.9 Å². The highest BCUT2D eigenvalue weighted by atomic mass is 19.4. The van der Waals surface area contributed by atoms with E-state index in [1.54, 1.807) is 12.2 Å². The van der Waals surface area contributed by atoms with Crippen LogP contribution in [0.3, 0.4) is 0 Å². The van der Waals surface area contributed by atoms with Crippen LogP contribution in [0, 0.1) is 5.41 Å². The quantitative estimate of drug-likeness (QED) is 0.717. The minimum atomic E-state index is -5.32. The molecule has 0 aliphatic carbocycles. The number of carbonyl (C=O) groups excluding carboxylic acids is 2. The zero-order valence-electron chi connectivity index (χ0n) is 15.3. The molecule has 150 valence electrons. The zero-order valence-corrected chi connectivity index (χ0v) is 15.3.